The average molecular weight is 195 g/mol. The summed E-state index contributed by atoms with van der Waals surface area (Å²) in [6.07, 6.45) is 2.01. The lowest BCUT2D eigenvalue weighted by atomic mass is 10.2. The zero-order valence-corrected chi connectivity index (χ0v) is 8.00. The van der Waals surface area contributed by atoms with E-state index in [1.807, 2.05) is 0 Å². The number of nitrogens with zero attached hydrogens (tertiary/aromatic N) is 1. The first-order valence-corrected chi connectivity index (χ1v) is 4.74. The van der Waals surface area contributed by atoms with Crippen molar-refractivity contribution in [1.29, 1.82) is 0 Å². The average Bonchev–Trinajstić information content (AvgIpc) is 2.59. The van der Waals surface area contributed by atoms with Crippen molar-refractivity contribution in [3.05, 3.63) is 11.5 Å². The van der Waals surface area contributed by atoms with Crippen LogP contribution >= 0.6 is 0 Å². The van der Waals surface area contributed by atoms with Gasteiger partial charge in [0.05, 0.1) is 5.69 Å². The lowest BCUT2D eigenvalue weighted by molar-refractivity contribution is -0.138. The molecule has 76 valence electrons. The van der Waals surface area contributed by atoms with Gasteiger partial charge in [-0.2, -0.15) is 0 Å². The summed E-state index contributed by atoms with van der Waals surface area (Å²) in [6.45, 7) is 2.55. The Bertz CT molecular complexity index is 335. The number of imidazole rings is 1. The van der Waals surface area contributed by atoms with Gasteiger partial charge in [0.2, 0.25) is 0 Å². The predicted molar refractivity (Wildman–Crippen MR) is 51.4 cm³/mol. The number of aryl methyl sites for hydroxylation is 1. The zero-order valence-electron chi connectivity index (χ0n) is 8.00. The van der Waals surface area contributed by atoms with Crippen LogP contribution in [0.25, 0.3) is 0 Å². The molecule has 0 aliphatic carbocycles. The van der Waals surface area contributed by atoms with Crippen LogP contribution in [0.5, 0.6) is 0 Å². The molecule has 0 fully saturated rings. The minimum absolute atomic E-state index is 0.539. The maximum Gasteiger partial charge on any atom is 0.313 e. The van der Waals surface area contributed by atoms with E-state index in [0.717, 1.165) is 30.9 Å². The molecule has 1 aliphatic heterocycles. The summed E-state index contributed by atoms with van der Waals surface area (Å²) in [6, 6.07) is 0. The summed E-state index contributed by atoms with van der Waals surface area (Å²) in [5, 5.41) is 12.0. The molecule has 0 saturated carbocycles. The Balaban J connectivity index is 2.28. The molecule has 0 radical (unpaired) electrons. The number of carboxylic acids is 1. The molecule has 0 bridgehead atoms. The molecule has 2 rings (SSSR count). The number of nitrogens with one attached hydrogen (secondary N) is 2. The third-order valence-corrected chi connectivity index (χ3v) is 2.47. The van der Waals surface area contributed by atoms with Gasteiger partial charge in [0, 0.05) is 6.54 Å². The number of hydrogen-bond acceptors (Lipinski definition) is 3. The summed E-state index contributed by atoms with van der Waals surface area (Å²) >= 11 is 0. The smallest absolute Gasteiger partial charge is 0.313 e. The van der Waals surface area contributed by atoms with Crippen molar-refractivity contribution in [1.82, 2.24) is 9.97 Å². The molecule has 1 aromatic rings. The van der Waals surface area contributed by atoms with Crippen molar-refractivity contribution >= 4 is 11.8 Å². The molecule has 5 nitrogen and oxygen atoms in total. The number of aliphatic carboxylic acids is 1. The minimum Gasteiger partial charge on any atom is -0.481 e. The van der Waals surface area contributed by atoms with Crippen LogP contribution in [-0.2, 0) is 11.2 Å². The molecule has 1 unspecified atom stereocenters. The van der Waals surface area contributed by atoms with Crippen LogP contribution in [0.1, 0.15) is 30.8 Å². The fourth-order valence-corrected chi connectivity index (χ4v) is 1.55. The summed E-state index contributed by atoms with van der Waals surface area (Å²) in [5.41, 5.74) is 1.03. The standard InChI is InChI=1S/C9H13N3O2/c1-5(9(13)14)7-11-6-3-2-4-10-8(6)12-7/h5,10H,2-4H2,1H3,(H,11,12)(H,13,14). The highest BCUT2D eigenvalue weighted by molar-refractivity contribution is 5.74. The predicted octanol–water partition coefficient (Wildman–Crippen LogP) is 0.956. The van der Waals surface area contributed by atoms with Crippen molar-refractivity contribution < 1.29 is 9.90 Å². The number of hydrogen-bond donors (Lipinski definition) is 3. The molecule has 1 aliphatic rings. The van der Waals surface area contributed by atoms with E-state index in [-0.39, 0.29) is 0 Å². The Labute approximate surface area is 81.5 Å². The van der Waals surface area contributed by atoms with Crippen LogP contribution in [-0.4, -0.2) is 27.6 Å². The van der Waals surface area contributed by atoms with Gasteiger partial charge in [-0.1, -0.05) is 0 Å². The van der Waals surface area contributed by atoms with Crippen molar-refractivity contribution in [3.63, 3.8) is 0 Å². The van der Waals surface area contributed by atoms with Crippen LogP contribution in [0.2, 0.25) is 0 Å². The van der Waals surface area contributed by atoms with Gasteiger partial charge in [0.1, 0.15) is 17.6 Å². The maximum absolute atomic E-state index is 10.7. The monoisotopic (exact) mass is 195 g/mol. The zero-order chi connectivity index (χ0) is 10.1. The molecule has 1 atom stereocenters. The van der Waals surface area contributed by atoms with Crippen LogP contribution in [0.15, 0.2) is 0 Å². The molecule has 0 amide bonds. The molecule has 0 saturated heterocycles. The molecular weight excluding hydrogens is 182 g/mol. The lowest BCUT2D eigenvalue weighted by Gasteiger charge is -2.10. The number of aromatic nitrogens is 2. The van der Waals surface area contributed by atoms with Gasteiger partial charge in [-0.3, -0.25) is 4.79 Å². The fourth-order valence-electron chi connectivity index (χ4n) is 1.55. The normalized spacial score (nSPS) is 16.9. The Hall–Kier alpha value is -1.52. The summed E-state index contributed by atoms with van der Waals surface area (Å²) < 4.78 is 0. The second-order valence-corrected chi connectivity index (χ2v) is 3.54. The third-order valence-electron chi connectivity index (χ3n) is 2.47. The Morgan fingerprint density at radius 3 is 3.07 bits per heavy atom. The van der Waals surface area contributed by atoms with E-state index in [1.165, 1.54) is 0 Å². The van der Waals surface area contributed by atoms with Gasteiger partial charge in [0.15, 0.2) is 0 Å². The number of aromatic amines is 1. The molecular formula is C9H13N3O2. The Kier molecular flexibility index (Phi) is 2.15. The topological polar surface area (TPSA) is 78.0 Å². The van der Waals surface area contributed by atoms with E-state index < -0.39 is 11.9 Å². The van der Waals surface area contributed by atoms with E-state index in [2.05, 4.69) is 15.3 Å². The molecule has 14 heavy (non-hydrogen) atoms. The molecule has 3 N–H and O–H groups in total. The first-order chi connectivity index (χ1) is 6.68. The van der Waals surface area contributed by atoms with Gasteiger partial charge in [-0.25, -0.2) is 4.98 Å². The van der Waals surface area contributed by atoms with Crippen molar-refractivity contribution in [3.8, 4) is 0 Å². The highest BCUT2D eigenvalue weighted by atomic mass is 16.4. The minimum atomic E-state index is -0.851. The highest BCUT2D eigenvalue weighted by Crippen LogP contribution is 2.22. The van der Waals surface area contributed by atoms with Crippen molar-refractivity contribution in [2.24, 2.45) is 0 Å². The van der Waals surface area contributed by atoms with Crippen LogP contribution < -0.4 is 5.32 Å². The number of anilines is 1. The second kappa shape index (κ2) is 3.32. The van der Waals surface area contributed by atoms with Gasteiger partial charge < -0.3 is 15.4 Å². The second-order valence-electron chi connectivity index (χ2n) is 3.54. The van der Waals surface area contributed by atoms with E-state index in [9.17, 15) is 4.79 Å². The molecule has 0 aromatic carbocycles. The number of fused-ring (bicyclic) bond motifs is 1. The van der Waals surface area contributed by atoms with Crippen LogP contribution in [0, 0.1) is 0 Å². The summed E-state index contributed by atoms with van der Waals surface area (Å²) in [4.78, 5) is 18.0. The highest BCUT2D eigenvalue weighted by Gasteiger charge is 2.21. The largest absolute Gasteiger partial charge is 0.481 e. The molecule has 2 heterocycles. The first kappa shape index (κ1) is 9.05. The fraction of sp³-hybridized carbons (Fsp3) is 0.556. The van der Waals surface area contributed by atoms with E-state index in [1.54, 1.807) is 6.92 Å². The molecule has 1 aromatic heterocycles. The number of carbonyl (C=O) groups is 1. The SMILES string of the molecule is CC(C(=O)O)c1nc2c([nH]1)CCCN2. The van der Waals surface area contributed by atoms with E-state index in [0.29, 0.717) is 5.82 Å². The van der Waals surface area contributed by atoms with Gasteiger partial charge in [-0.05, 0) is 19.8 Å². The van der Waals surface area contributed by atoms with Gasteiger partial charge in [-0.15, -0.1) is 0 Å². The maximum atomic E-state index is 10.7. The molecule has 0 spiro atoms. The van der Waals surface area contributed by atoms with Crippen LogP contribution in [0.4, 0.5) is 5.82 Å². The number of carboxylic acid groups (broad SMARTS) is 1. The third kappa shape index (κ3) is 1.45. The Morgan fingerprint density at radius 2 is 2.43 bits per heavy atom. The van der Waals surface area contributed by atoms with Crippen LogP contribution in [0.3, 0.4) is 0 Å². The number of H-pyrrole nitrogens is 1. The number of rotatable bonds is 2. The van der Waals surface area contributed by atoms with E-state index >= 15 is 0 Å². The Morgan fingerprint density at radius 1 is 1.64 bits per heavy atom. The quantitative estimate of drug-likeness (QED) is 0.656. The summed E-state index contributed by atoms with van der Waals surface area (Å²) in [7, 11) is 0. The summed E-state index contributed by atoms with van der Waals surface area (Å²) in [5.74, 6) is -0.0604. The van der Waals surface area contributed by atoms with Gasteiger partial charge >= 0.3 is 5.97 Å². The first-order valence-electron chi connectivity index (χ1n) is 4.74. The van der Waals surface area contributed by atoms with Gasteiger partial charge in [0.25, 0.3) is 0 Å². The lowest BCUT2D eigenvalue weighted by Crippen LogP contribution is -2.10. The molecule has 5 heteroatoms. The van der Waals surface area contributed by atoms with Crippen molar-refractivity contribution in [2.75, 3.05) is 11.9 Å². The van der Waals surface area contributed by atoms with Crippen molar-refractivity contribution in [2.45, 2.75) is 25.7 Å². The van der Waals surface area contributed by atoms with E-state index in [4.69, 9.17) is 5.11 Å².